The van der Waals surface area contributed by atoms with Gasteiger partial charge >= 0.3 is 0 Å². The molecule has 4 rings (SSSR count). The Labute approximate surface area is 195 Å². The van der Waals surface area contributed by atoms with Crippen molar-refractivity contribution < 1.29 is 9.47 Å². The number of hydrogen-bond acceptors (Lipinski definition) is 4. The third-order valence-corrected chi connectivity index (χ3v) is 5.56. The number of aromatic nitrogens is 2. The minimum Gasteiger partial charge on any atom is -0.493 e. The largest absolute Gasteiger partial charge is 0.493 e. The van der Waals surface area contributed by atoms with Crippen LogP contribution in [0.15, 0.2) is 54.6 Å². The molecule has 0 aliphatic rings. The number of methoxy groups -OCH3 is 1. The summed E-state index contributed by atoms with van der Waals surface area (Å²) in [6.45, 7) is 2.25. The fourth-order valence-electron chi connectivity index (χ4n) is 3.30. The summed E-state index contributed by atoms with van der Waals surface area (Å²) in [6.07, 6.45) is 1.71. The van der Waals surface area contributed by atoms with Crippen molar-refractivity contribution in [3.63, 3.8) is 0 Å². The van der Waals surface area contributed by atoms with Gasteiger partial charge in [-0.25, -0.2) is 4.98 Å². The third-order valence-electron chi connectivity index (χ3n) is 4.91. The Morgan fingerprint density at radius 3 is 2.69 bits per heavy atom. The lowest BCUT2D eigenvalue weighted by atomic mass is 10.1. The van der Waals surface area contributed by atoms with E-state index < -0.39 is 0 Å². The molecule has 0 amide bonds. The van der Waals surface area contributed by atoms with Gasteiger partial charge in [0.25, 0.3) is 0 Å². The number of nitrogens with zero attached hydrogens (tertiary/aromatic N) is 2. The van der Waals surface area contributed by atoms with Crippen molar-refractivity contribution in [1.82, 2.24) is 9.97 Å². The number of fused-ring (bicyclic) bond motifs is 1. The molecule has 5 nitrogen and oxygen atoms in total. The molecule has 7 heteroatoms. The maximum absolute atomic E-state index is 9.73. The Balaban J connectivity index is 1.65. The van der Waals surface area contributed by atoms with E-state index in [1.54, 1.807) is 24.3 Å². The monoisotopic (exact) mass is 463 g/mol. The number of hydrogen-bond donors (Lipinski definition) is 1. The van der Waals surface area contributed by atoms with Gasteiger partial charge in [0.1, 0.15) is 18.5 Å². The normalized spacial score (nSPS) is 11.4. The first-order valence-corrected chi connectivity index (χ1v) is 10.6. The molecule has 1 heterocycles. The summed E-state index contributed by atoms with van der Waals surface area (Å²) in [6, 6.07) is 19.0. The average Bonchev–Trinajstić information content (AvgIpc) is 3.20. The summed E-state index contributed by atoms with van der Waals surface area (Å²) in [5, 5.41) is 10.7. The molecule has 0 fully saturated rings. The molecule has 1 aromatic heterocycles. The Morgan fingerprint density at radius 1 is 1.12 bits per heavy atom. The quantitative estimate of drug-likeness (QED) is 0.318. The average molecular weight is 464 g/mol. The number of nitrogens with one attached hydrogen (secondary N) is 1. The molecular formula is C25H19Cl2N3O2. The van der Waals surface area contributed by atoms with Crippen molar-refractivity contribution in [2.24, 2.45) is 0 Å². The molecule has 0 atom stereocenters. The van der Waals surface area contributed by atoms with Crippen molar-refractivity contribution >= 4 is 45.9 Å². The summed E-state index contributed by atoms with van der Waals surface area (Å²) in [4.78, 5) is 7.73. The summed E-state index contributed by atoms with van der Waals surface area (Å²) in [5.41, 5.74) is 4.68. The lowest BCUT2D eigenvalue weighted by Gasteiger charge is -2.14. The highest BCUT2D eigenvalue weighted by atomic mass is 35.5. The second-order valence-electron chi connectivity index (χ2n) is 7.19. The predicted octanol–water partition coefficient (Wildman–Crippen LogP) is 6.83. The van der Waals surface area contributed by atoms with Crippen LogP contribution in [0, 0.1) is 18.3 Å². The zero-order valence-electron chi connectivity index (χ0n) is 17.4. The first-order chi connectivity index (χ1) is 15.5. The molecule has 0 aliphatic carbocycles. The van der Waals surface area contributed by atoms with Gasteiger partial charge in [0.05, 0.1) is 28.7 Å². The molecule has 0 bridgehead atoms. The lowest BCUT2D eigenvalue weighted by molar-refractivity contribution is 0.285. The SMILES string of the molecule is COc1cc(C=C(C#N)c2nc3ccc(C)cc3[nH]2)cc(Cl)c1OCc1ccccc1Cl. The van der Waals surface area contributed by atoms with E-state index in [0.717, 1.165) is 22.2 Å². The van der Waals surface area contributed by atoms with Crippen LogP contribution in [0.5, 0.6) is 11.5 Å². The van der Waals surface area contributed by atoms with Gasteiger partial charge in [-0.3, -0.25) is 0 Å². The predicted molar refractivity (Wildman–Crippen MR) is 128 cm³/mol. The van der Waals surface area contributed by atoms with Crippen molar-refractivity contribution in [3.8, 4) is 17.6 Å². The molecular weight excluding hydrogens is 445 g/mol. The molecule has 0 saturated heterocycles. The van der Waals surface area contributed by atoms with Crippen molar-refractivity contribution in [2.45, 2.75) is 13.5 Å². The zero-order valence-corrected chi connectivity index (χ0v) is 19.0. The van der Waals surface area contributed by atoms with Gasteiger partial charge in [0.15, 0.2) is 11.5 Å². The second-order valence-corrected chi connectivity index (χ2v) is 8.00. The van der Waals surface area contributed by atoms with Crippen LogP contribution in [-0.4, -0.2) is 17.1 Å². The van der Waals surface area contributed by atoms with Gasteiger partial charge in [-0.1, -0.05) is 47.5 Å². The molecule has 4 aromatic rings. The first kappa shape index (κ1) is 21.8. The van der Waals surface area contributed by atoms with Gasteiger partial charge < -0.3 is 14.5 Å². The van der Waals surface area contributed by atoms with E-state index >= 15 is 0 Å². The van der Waals surface area contributed by atoms with E-state index in [1.165, 1.54) is 7.11 Å². The number of nitriles is 1. The van der Waals surface area contributed by atoms with Crippen molar-refractivity contribution in [2.75, 3.05) is 7.11 Å². The fraction of sp³-hybridized carbons (Fsp3) is 0.120. The van der Waals surface area contributed by atoms with E-state index in [1.807, 2.05) is 43.3 Å². The van der Waals surface area contributed by atoms with Crippen LogP contribution in [0.3, 0.4) is 0 Å². The molecule has 32 heavy (non-hydrogen) atoms. The number of H-pyrrole nitrogens is 1. The van der Waals surface area contributed by atoms with Crippen LogP contribution in [0.2, 0.25) is 10.0 Å². The van der Waals surface area contributed by atoms with Crippen molar-refractivity contribution in [1.29, 1.82) is 5.26 Å². The molecule has 0 spiro atoms. The molecule has 3 aromatic carbocycles. The van der Waals surface area contributed by atoms with Gasteiger partial charge in [-0.15, -0.1) is 0 Å². The van der Waals surface area contributed by atoms with Crippen LogP contribution in [0.1, 0.15) is 22.5 Å². The van der Waals surface area contributed by atoms with Crippen LogP contribution < -0.4 is 9.47 Å². The van der Waals surface area contributed by atoms with Gasteiger partial charge in [-0.05, 0) is 54.5 Å². The van der Waals surface area contributed by atoms with E-state index in [0.29, 0.717) is 38.5 Å². The van der Waals surface area contributed by atoms with Crippen LogP contribution in [-0.2, 0) is 6.61 Å². The Hall–Kier alpha value is -3.46. The molecule has 0 aliphatic heterocycles. The third kappa shape index (κ3) is 4.57. The minimum absolute atomic E-state index is 0.243. The van der Waals surface area contributed by atoms with Crippen LogP contribution in [0.4, 0.5) is 0 Å². The Kier molecular flexibility index (Phi) is 6.36. The van der Waals surface area contributed by atoms with Gasteiger partial charge in [-0.2, -0.15) is 5.26 Å². The topological polar surface area (TPSA) is 70.9 Å². The smallest absolute Gasteiger partial charge is 0.180 e. The van der Waals surface area contributed by atoms with Gasteiger partial charge in [0, 0.05) is 10.6 Å². The molecule has 160 valence electrons. The van der Waals surface area contributed by atoms with E-state index in [4.69, 9.17) is 32.7 Å². The highest BCUT2D eigenvalue weighted by Crippen LogP contribution is 2.38. The Morgan fingerprint density at radius 2 is 1.94 bits per heavy atom. The molecule has 1 N–H and O–H groups in total. The standard InChI is InChI=1S/C25H19Cl2N3O2/c1-15-7-8-21-22(9-15)30-25(29-21)18(13-28)10-16-11-20(27)24(23(12-16)31-2)32-14-17-5-3-4-6-19(17)26/h3-12H,14H2,1-2H3,(H,29,30). The number of aryl methyl sites for hydroxylation is 1. The second kappa shape index (κ2) is 9.35. The summed E-state index contributed by atoms with van der Waals surface area (Å²) < 4.78 is 11.4. The van der Waals surface area contributed by atoms with Crippen LogP contribution >= 0.6 is 23.2 Å². The highest BCUT2D eigenvalue weighted by Gasteiger charge is 2.14. The number of aromatic amines is 1. The number of benzene rings is 3. The molecule has 0 saturated carbocycles. The van der Waals surface area contributed by atoms with Crippen LogP contribution in [0.25, 0.3) is 22.7 Å². The number of rotatable bonds is 6. The molecule has 0 radical (unpaired) electrons. The number of ether oxygens (including phenoxy) is 2. The van der Waals surface area contributed by atoms with Gasteiger partial charge in [0.2, 0.25) is 0 Å². The maximum atomic E-state index is 9.73. The van der Waals surface area contributed by atoms with E-state index in [-0.39, 0.29) is 6.61 Å². The molecule has 0 unspecified atom stereocenters. The fourth-order valence-corrected chi connectivity index (χ4v) is 3.76. The number of imidazole rings is 1. The summed E-state index contributed by atoms with van der Waals surface area (Å²) in [5.74, 6) is 1.35. The highest BCUT2D eigenvalue weighted by molar-refractivity contribution is 6.32. The van der Waals surface area contributed by atoms with Crippen molar-refractivity contribution in [3.05, 3.63) is 87.2 Å². The Bertz CT molecular complexity index is 1370. The summed E-state index contributed by atoms with van der Waals surface area (Å²) >= 11 is 12.7. The minimum atomic E-state index is 0.243. The number of halogens is 2. The van der Waals surface area contributed by atoms with E-state index in [2.05, 4.69) is 16.0 Å². The summed E-state index contributed by atoms with van der Waals surface area (Å²) in [7, 11) is 1.54. The zero-order chi connectivity index (χ0) is 22.7. The lowest BCUT2D eigenvalue weighted by Crippen LogP contribution is -1.99. The van der Waals surface area contributed by atoms with E-state index in [9.17, 15) is 5.26 Å². The maximum Gasteiger partial charge on any atom is 0.180 e. The first-order valence-electron chi connectivity index (χ1n) is 9.80. The number of allylic oxidation sites excluding steroid dienone is 1.